The summed E-state index contributed by atoms with van der Waals surface area (Å²) >= 11 is 0. The van der Waals surface area contributed by atoms with Gasteiger partial charge in [0.25, 0.3) is 5.91 Å². The van der Waals surface area contributed by atoms with Crippen LogP contribution in [0.15, 0.2) is 42.5 Å². The standard InChI is InChI=1S/C22H30N2O4/c1-5-24(6-2)15-16-7-9-17(10-8-16)22(26)23-14-20(25)19-13-18(27-3)11-12-21(19)28-4/h7-13,20,25H,5-6,14-15H2,1-4H3,(H,23,26). The van der Waals surface area contributed by atoms with Crippen molar-refractivity contribution in [3.05, 3.63) is 59.2 Å². The predicted octanol–water partition coefficient (Wildman–Crippen LogP) is 3.01. The Morgan fingerprint density at radius 2 is 1.75 bits per heavy atom. The van der Waals surface area contributed by atoms with Gasteiger partial charge in [0.15, 0.2) is 0 Å². The Kier molecular flexibility index (Phi) is 8.29. The van der Waals surface area contributed by atoms with Crippen molar-refractivity contribution in [3.8, 4) is 11.5 Å². The summed E-state index contributed by atoms with van der Waals surface area (Å²) in [4.78, 5) is 14.7. The molecule has 2 aromatic rings. The third kappa shape index (κ3) is 5.71. The van der Waals surface area contributed by atoms with E-state index in [4.69, 9.17) is 9.47 Å². The number of benzene rings is 2. The second-order valence-electron chi connectivity index (χ2n) is 6.49. The average Bonchev–Trinajstić information content (AvgIpc) is 2.75. The van der Waals surface area contributed by atoms with E-state index in [1.165, 1.54) is 12.7 Å². The molecule has 152 valence electrons. The summed E-state index contributed by atoms with van der Waals surface area (Å²) in [6, 6.07) is 12.8. The minimum Gasteiger partial charge on any atom is -0.497 e. The van der Waals surface area contributed by atoms with E-state index in [2.05, 4.69) is 24.1 Å². The normalized spacial score (nSPS) is 11.9. The lowest BCUT2D eigenvalue weighted by Gasteiger charge is -2.18. The van der Waals surface area contributed by atoms with Crippen LogP contribution in [0.2, 0.25) is 0 Å². The van der Waals surface area contributed by atoms with Gasteiger partial charge in [-0.3, -0.25) is 9.69 Å². The fraction of sp³-hybridized carbons (Fsp3) is 0.409. The van der Waals surface area contributed by atoms with E-state index in [9.17, 15) is 9.90 Å². The fourth-order valence-corrected chi connectivity index (χ4v) is 2.97. The van der Waals surface area contributed by atoms with Crippen molar-refractivity contribution in [1.82, 2.24) is 10.2 Å². The summed E-state index contributed by atoms with van der Waals surface area (Å²) in [5.41, 5.74) is 2.30. The lowest BCUT2D eigenvalue weighted by atomic mass is 10.1. The molecule has 0 aliphatic rings. The molecule has 2 rings (SSSR count). The molecule has 0 radical (unpaired) electrons. The van der Waals surface area contributed by atoms with Crippen molar-refractivity contribution in [1.29, 1.82) is 0 Å². The number of hydrogen-bond donors (Lipinski definition) is 2. The zero-order valence-corrected chi connectivity index (χ0v) is 17.1. The fourth-order valence-electron chi connectivity index (χ4n) is 2.97. The molecule has 1 amide bonds. The molecule has 2 aromatic carbocycles. The Bertz CT molecular complexity index is 758. The highest BCUT2D eigenvalue weighted by Crippen LogP contribution is 2.29. The summed E-state index contributed by atoms with van der Waals surface area (Å²) in [5, 5.41) is 13.3. The number of nitrogens with zero attached hydrogens (tertiary/aromatic N) is 1. The second-order valence-corrected chi connectivity index (χ2v) is 6.49. The van der Waals surface area contributed by atoms with Crippen molar-refractivity contribution in [2.24, 2.45) is 0 Å². The highest BCUT2D eigenvalue weighted by molar-refractivity contribution is 5.94. The van der Waals surface area contributed by atoms with E-state index in [1.54, 1.807) is 25.3 Å². The van der Waals surface area contributed by atoms with Gasteiger partial charge in [0.2, 0.25) is 0 Å². The van der Waals surface area contributed by atoms with Crippen molar-refractivity contribution in [2.75, 3.05) is 33.9 Å². The molecule has 0 bridgehead atoms. The van der Waals surface area contributed by atoms with E-state index >= 15 is 0 Å². The Labute approximate surface area is 167 Å². The van der Waals surface area contributed by atoms with E-state index in [1.807, 2.05) is 24.3 Å². The van der Waals surface area contributed by atoms with Crippen LogP contribution in [0, 0.1) is 0 Å². The molecule has 0 saturated carbocycles. The van der Waals surface area contributed by atoms with E-state index in [-0.39, 0.29) is 12.5 Å². The molecule has 6 heteroatoms. The van der Waals surface area contributed by atoms with Gasteiger partial charge in [-0.1, -0.05) is 26.0 Å². The van der Waals surface area contributed by atoms with Gasteiger partial charge in [0.1, 0.15) is 17.6 Å². The van der Waals surface area contributed by atoms with Crippen molar-refractivity contribution >= 4 is 5.91 Å². The van der Waals surface area contributed by atoms with Crippen LogP contribution in [0.1, 0.15) is 41.4 Å². The number of hydrogen-bond acceptors (Lipinski definition) is 5. The number of methoxy groups -OCH3 is 2. The van der Waals surface area contributed by atoms with Gasteiger partial charge in [-0.15, -0.1) is 0 Å². The maximum absolute atomic E-state index is 12.4. The number of nitrogens with one attached hydrogen (secondary N) is 1. The molecule has 0 fully saturated rings. The summed E-state index contributed by atoms with van der Waals surface area (Å²) in [5.74, 6) is 0.934. The SMILES string of the molecule is CCN(CC)Cc1ccc(C(=O)NCC(O)c2cc(OC)ccc2OC)cc1. The van der Waals surface area contributed by atoms with Gasteiger partial charge in [0.05, 0.1) is 14.2 Å². The van der Waals surface area contributed by atoms with E-state index in [0.29, 0.717) is 22.6 Å². The highest BCUT2D eigenvalue weighted by atomic mass is 16.5. The highest BCUT2D eigenvalue weighted by Gasteiger charge is 2.16. The third-order valence-corrected chi connectivity index (χ3v) is 4.77. The number of carbonyl (C=O) groups excluding carboxylic acids is 1. The monoisotopic (exact) mass is 386 g/mol. The Hall–Kier alpha value is -2.57. The summed E-state index contributed by atoms with van der Waals surface area (Å²) in [6.45, 7) is 7.18. The zero-order valence-electron chi connectivity index (χ0n) is 17.1. The zero-order chi connectivity index (χ0) is 20.5. The van der Waals surface area contributed by atoms with Crippen LogP contribution in [0.25, 0.3) is 0 Å². The smallest absolute Gasteiger partial charge is 0.251 e. The average molecular weight is 386 g/mol. The summed E-state index contributed by atoms with van der Waals surface area (Å²) in [6.07, 6.45) is -0.907. The molecule has 2 N–H and O–H groups in total. The molecule has 0 aliphatic carbocycles. The maximum atomic E-state index is 12.4. The molecule has 1 unspecified atom stereocenters. The minimum absolute atomic E-state index is 0.0730. The third-order valence-electron chi connectivity index (χ3n) is 4.77. The topological polar surface area (TPSA) is 71.0 Å². The van der Waals surface area contributed by atoms with Gasteiger partial charge in [-0.2, -0.15) is 0 Å². The Morgan fingerprint density at radius 3 is 2.32 bits per heavy atom. The maximum Gasteiger partial charge on any atom is 0.251 e. The summed E-state index contributed by atoms with van der Waals surface area (Å²) in [7, 11) is 3.10. The first-order valence-corrected chi connectivity index (χ1v) is 9.51. The van der Waals surface area contributed by atoms with Crippen molar-refractivity contribution in [2.45, 2.75) is 26.5 Å². The molecular formula is C22H30N2O4. The summed E-state index contributed by atoms with van der Waals surface area (Å²) < 4.78 is 10.5. The van der Waals surface area contributed by atoms with Crippen LogP contribution in [-0.2, 0) is 6.54 Å². The van der Waals surface area contributed by atoms with Crippen LogP contribution >= 0.6 is 0 Å². The first kappa shape index (κ1) is 21.7. The Morgan fingerprint density at radius 1 is 1.07 bits per heavy atom. The number of aliphatic hydroxyl groups excluding tert-OH is 1. The largest absolute Gasteiger partial charge is 0.497 e. The van der Waals surface area contributed by atoms with Crippen molar-refractivity contribution in [3.63, 3.8) is 0 Å². The number of rotatable bonds is 10. The lowest BCUT2D eigenvalue weighted by Crippen LogP contribution is -2.28. The van der Waals surface area contributed by atoms with Gasteiger partial charge in [-0.25, -0.2) is 0 Å². The molecule has 0 aliphatic heterocycles. The van der Waals surface area contributed by atoms with E-state index in [0.717, 1.165) is 19.6 Å². The first-order valence-electron chi connectivity index (χ1n) is 9.51. The van der Waals surface area contributed by atoms with Gasteiger partial charge >= 0.3 is 0 Å². The number of amides is 1. The van der Waals surface area contributed by atoms with Gasteiger partial charge in [0, 0.05) is 24.2 Å². The number of aliphatic hydroxyl groups is 1. The van der Waals surface area contributed by atoms with Crippen LogP contribution in [-0.4, -0.2) is 49.8 Å². The molecule has 0 spiro atoms. The van der Waals surface area contributed by atoms with Crippen LogP contribution in [0.4, 0.5) is 0 Å². The predicted molar refractivity (Wildman–Crippen MR) is 110 cm³/mol. The van der Waals surface area contributed by atoms with E-state index < -0.39 is 6.10 Å². The molecule has 0 aromatic heterocycles. The second kappa shape index (κ2) is 10.7. The minimum atomic E-state index is -0.907. The first-order chi connectivity index (χ1) is 13.5. The van der Waals surface area contributed by atoms with Gasteiger partial charge in [-0.05, 0) is 49.0 Å². The molecule has 28 heavy (non-hydrogen) atoms. The molecule has 0 saturated heterocycles. The van der Waals surface area contributed by atoms with Crippen LogP contribution in [0.3, 0.4) is 0 Å². The quantitative estimate of drug-likeness (QED) is 0.657. The molecule has 0 heterocycles. The molecular weight excluding hydrogens is 356 g/mol. The van der Waals surface area contributed by atoms with Crippen LogP contribution in [0.5, 0.6) is 11.5 Å². The van der Waals surface area contributed by atoms with Crippen molar-refractivity contribution < 1.29 is 19.4 Å². The number of carbonyl (C=O) groups is 1. The molecule has 1 atom stereocenters. The molecule has 6 nitrogen and oxygen atoms in total. The van der Waals surface area contributed by atoms with Gasteiger partial charge < -0.3 is 19.9 Å². The van der Waals surface area contributed by atoms with Crippen LogP contribution < -0.4 is 14.8 Å². The number of ether oxygens (including phenoxy) is 2. The lowest BCUT2D eigenvalue weighted by molar-refractivity contribution is 0.0914. The Balaban J connectivity index is 1.98.